The minimum atomic E-state index is 1.10. The van der Waals surface area contributed by atoms with Crippen LogP contribution in [0.3, 0.4) is 0 Å². The Morgan fingerprint density at radius 3 is 2.54 bits per heavy atom. The van der Waals surface area contributed by atoms with Crippen LogP contribution in [0.1, 0.15) is 36.5 Å². The van der Waals surface area contributed by atoms with Crippen LogP contribution in [0, 0.1) is 13.8 Å². The highest BCUT2D eigenvalue weighted by atomic mass is 14.1. The van der Waals surface area contributed by atoms with Gasteiger partial charge in [0.1, 0.15) is 0 Å². The summed E-state index contributed by atoms with van der Waals surface area (Å²) < 4.78 is 0. The molecule has 0 aromatic heterocycles. The van der Waals surface area contributed by atoms with Gasteiger partial charge in [-0.1, -0.05) is 43.7 Å². The van der Waals surface area contributed by atoms with Crippen LogP contribution in [0.4, 0.5) is 0 Å². The maximum Gasteiger partial charge on any atom is -0.0201 e. The first-order valence-electron chi connectivity index (χ1n) is 4.90. The van der Waals surface area contributed by atoms with E-state index >= 15 is 0 Å². The molecule has 0 fully saturated rings. The summed E-state index contributed by atoms with van der Waals surface area (Å²) in [6.07, 6.45) is 2.27. The van der Waals surface area contributed by atoms with Crippen LogP contribution in [-0.4, -0.2) is 0 Å². The zero-order chi connectivity index (χ0) is 9.84. The average molecular weight is 174 g/mol. The molecule has 13 heavy (non-hydrogen) atoms. The Balaban J connectivity index is 2.95. The first-order chi connectivity index (χ1) is 6.15. The largest absolute Gasteiger partial charge is 0.0952 e. The molecule has 0 spiro atoms. The average Bonchev–Trinajstić information content (AvgIpc) is 2.04. The smallest absolute Gasteiger partial charge is 0.0201 e. The van der Waals surface area contributed by atoms with Crippen molar-refractivity contribution in [3.63, 3.8) is 0 Å². The van der Waals surface area contributed by atoms with Gasteiger partial charge in [-0.2, -0.15) is 0 Å². The first kappa shape index (κ1) is 10.0. The fourth-order valence-electron chi connectivity index (χ4n) is 1.65. The van der Waals surface area contributed by atoms with Crippen LogP contribution < -0.4 is 0 Å². The van der Waals surface area contributed by atoms with Crippen LogP contribution in [0.15, 0.2) is 24.8 Å². The molecule has 1 aromatic rings. The van der Waals surface area contributed by atoms with E-state index in [9.17, 15) is 0 Å². The van der Waals surface area contributed by atoms with E-state index < -0.39 is 0 Å². The van der Waals surface area contributed by atoms with Gasteiger partial charge in [0.05, 0.1) is 0 Å². The van der Waals surface area contributed by atoms with Gasteiger partial charge in [0, 0.05) is 0 Å². The van der Waals surface area contributed by atoms with Gasteiger partial charge in [-0.05, 0) is 37.0 Å². The van der Waals surface area contributed by atoms with Crippen molar-refractivity contribution in [3.05, 3.63) is 41.5 Å². The summed E-state index contributed by atoms with van der Waals surface area (Å²) in [5.74, 6) is 0. The Morgan fingerprint density at radius 2 is 2.00 bits per heavy atom. The SMILES string of the molecule is C=C(CCC)c1ccc(C)cc1C. The zero-order valence-electron chi connectivity index (χ0n) is 8.85. The van der Waals surface area contributed by atoms with E-state index in [-0.39, 0.29) is 0 Å². The van der Waals surface area contributed by atoms with Crippen molar-refractivity contribution in [1.82, 2.24) is 0 Å². The second-order valence-electron chi connectivity index (χ2n) is 3.67. The molecule has 0 unspecified atom stereocenters. The van der Waals surface area contributed by atoms with Gasteiger partial charge < -0.3 is 0 Å². The number of allylic oxidation sites excluding steroid dienone is 1. The number of hydrogen-bond donors (Lipinski definition) is 0. The van der Waals surface area contributed by atoms with E-state index in [2.05, 4.69) is 45.5 Å². The third kappa shape index (κ3) is 2.45. The highest BCUT2D eigenvalue weighted by Gasteiger charge is 2.01. The Hall–Kier alpha value is -1.04. The lowest BCUT2D eigenvalue weighted by Gasteiger charge is -2.08. The van der Waals surface area contributed by atoms with Gasteiger partial charge in [-0.25, -0.2) is 0 Å². The molecule has 0 N–H and O–H groups in total. The lowest BCUT2D eigenvalue weighted by molar-refractivity contribution is 0.973. The molecule has 0 amide bonds. The Labute approximate surface area is 81.3 Å². The van der Waals surface area contributed by atoms with Crippen LogP contribution >= 0.6 is 0 Å². The number of benzene rings is 1. The molecule has 0 heterocycles. The molecule has 70 valence electrons. The highest BCUT2D eigenvalue weighted by Crippen LogP contribution is 2.21. The molecule has 0 saturated heterocycles. The fourth-order valence-corrected chi connectivity index (χ4v) is 1.65. The number of rotatable bonds is 3. The summed E-state index contributed by atoms with van der Waals surface area (Å²) in [6, 6.07) is 6.56. The first-order valence-corrected chi connectivity index (χ1v) is 4.90. The second kappa shape index (κ2) is 4.27. The van der Waals surface area contributed by atoms with E-state index in [4.69, 9.17) is 0 Å². The van der Waals surface area contributed by atoms with Crippen molar-refractivity contribution < 1.29 is 0 Å². The zero-order valence-corrected chi connectivity index (χ0v) is 8.85. The Kier molecular flexibility index (Phi) is 3.30. The molecular formula is C13H18. The van der Waals surface area contributed by atoms with Crippen molar-refractivity contribution >= 4 is 5.57 Å². The monoisotopic (exact) mass is 174 g/mol. The maximum absolute atomic E-state index is 4.11. The lowest BCUT2D eigenvalue weighted by atomic mass is 9.97. The summed E-state index contributed by atoms with van der Waals surface area (Å²) in [7, 11) is 0. The van der Waals surface area contributed by atoms with Gasteiger partial charge in [0.15, 0.2) is 0 Å². The van der Waals surface area contributed by atoms with Crippen LogP contribution in [0.2, 0.25) is 0 Å². The molecule has 0 heteroatoms. The van der Waals surface area contributed by atoms with Crippen molar-refractivity contribution in [2.24, 2.45) is 0 Å². The quantitative estimate of drug-likeness (QED) is 0.646. The molecule has 1 rings (SSSR count). The molecule has 0 nitrogen and oxygen atoms in total. The second-order valence-corrected chi connectivity index (χ2v) is 3.67. The number of hydrogen-bond acceptors (Lipinski definition) is 0. The lowest BCUT2D eigenvalue weighted by Crippen LogP contribution is -1.88. The van der Waals surface area contributed by atoms with Crippen molar-refractivity contribution in [3.8, 4) is 0 Å². The number of aryl methyl sites for hydroxylation is 2. The summed E-state index contributed by atoms with van der Waals surface area (Å²) >= 11 is 0. The molecule has 0 atom stereocenters. The van der Waals surface area contributed by atoms with Crippen molar-refractivity contribution in [1.29, 1.82) is 0 Å². The van der Waals surface area contributed by atoms with Gasteiger partial charge in [-0.15, -0.1) is 0 Å². The fraction of sp³-hybridized carbons (Fsp3) is 0.385. The summed E-state index contributed by atoms with van der Waals surface area (Å²) in [4.78, 5) is 0. The predicted molar refractivity (Wildman–Crippen MR) is 59.9 cm³/mol. The molecule has 1 aromatic carbocycles. The van der Waals surface area contributed by atoms with Crippen LogP contribution in [0.5, 0.6) is 0 Å². The van der Waals surface area contributed by atoms with Crippen molar-refractivity contribution in [2.45, 2.75) is 33.6 Å². The van der Waals surface area contributed by atoms with Crippen LogP contribution in [-0.2, 0) is 0 Å². The minimum Gasteiger partial charge on any atom is -0.0952 e. The molecule has 0 aliphatic carbocycles. The summed E-state index contributed by atoms with van der Waals surface area (Å²) in [5.41, 5.74) is 5.26. The summed E-state index contributed by atoms with van der Waals surface area (Å²) in [6.45, 7) is 10.6. The normalized spacial score (nSPS) is 10.1. The molecule has 0 aliphatic rings. The van der Waals surface area contributed by atoms with E-state index in [1.807, 2.05) is 0 Å². The summed E-state index contributed by atoms with van der Waals surface area (Å²) in [5, 5.41) is 0. The van der Waals surface area contributed by atoms with E-state index in [0.717, 1.165) is 6.42 Å². The molecule has 0 aliphatic heterocycles. The topological polar surface area (TPSA) is 0 Å². The minimum absolute atomic E-state index is 1.10. The third-order valence-corrected chi connectivity index (χ3v) is 2.31. The van der Waals surface area contributed by atoms with E-state index in [1.165, 1.54) is 28.7 Å². The van der Waals surface area contributed by atoms with Crippen LogP contribution in [0.25, 0.3) is 5.57 Å². The maximum atomic E-state index is 4.11. The van der Waals surface area contributed by atoms with E-state index in [0.29, 0.717) is 0 Å². The Morgan fingerprint density at radius 1 is 1.31 bits per heavy atom. The molecule has 0 radical (unpaired) electrons. The molecule has 0 bridgehead atoms. The van der Waals surface area contributed by atoms with Gasteiger partial charge in [-0.3, -0.25) is 0 Å². The van der Waals surface area contributed by atoms with Gasteiger partial charge in [0.25, 0.3) is 0 Å². The predicted octanol–water partition coefficient (Wildman–Crippen LogP) is 4.12. The molecule has 0 saturated carbocycles. The van der Waals surface area contributed by atoms with E-state index in [1.54, 1.807) is 0 Å². The van der Waals surface area contributed by atoms with Crippen molar-refractivity contribution in [2.75, 3.05) is 0 Å². The third-order valence-electron chi connectivity index (χ3n) is 2.31. The van der Waals surface area contributed by atoms with Gasteiger partial charge >= 0.3 is 0 Å². The Bertz CT molecular complexity index is 308. The standard InChI is InChI=1S/C13H18/c1-5-6-11(3)13-8-7-10(2)9-12(13)4/h7-9H,3,5-6H2,1-2,4H3. The van der Waals surface area contributed by atoms with Gasteiger partial charge in [0.2, 0.25) is 0 Å². The molecular weight excluding hydrogens is 156 g/mol. The highest BCUT2D eigenvalue weighted by molar-refractivity contribution is 5.66.